The fraction of sp³-hybridized carbons (Fsp3) is 0.632. The number of nitrogens with zero attached hydrogens (tertiary/aromatic N) is 3. The van der Waals surface area contributed by atoms with Crippen LogP contribution in [-0.2, 0) is 6.54 Å². The van der Waals surface area contributed by atoms with Crippen LogP contribution >= 0.6 is 15.9 Å². The van der Waals surface area contributed by atoms with E-state index < -0.39 is 0 Å². The van der Waals surface area contributed by atoms with E-state index in [1.165, 1.54) is 37.9 Å². The highest BCUT2D eigenvalue weighted by Crippen LogP contribution is 2.31. The van der Waals surface area contributed by atoms with E-state index in [9.17, 15) is 0 Å². The van der Waals surface area contributed by atoms with Crippen LogP contribution in [0, 0.1) is 5.92 Å². The van der Waals surface area contributed by atoms with Gasteiger partial charge in [-0.1, -0.05) is 34.1 Å². The Morgan fingerprint density at radius 3 is 2.83 bits per heavy atom. The Morgan fingerprint density at radius 2 is 2.12 bits per heavy atom. The van der Waals surface area contributed by atoms with Gasteiger partial charge in [-0.15, -0.1) is 0 Å². The first-order valence-electron chi connectivity index (χ1n) is 9.14. The molecule has 132 valence electrons. The third kappa shape index (κ3) is 4.73. The van der Waals surface area contributed by atoms with E-state index in [0.717, 1.165) is 42.0 Å². The number of likely N-dealkylation sites (tertiary alicyclic amines) is 1. The molecule has 3 rings (SSSR count). The Balaban J connectivity index is 1.57. The molecule has 1 N–H and O–H groups in total. The third-order valence-corrected chi connectivity index (χ3v) is 5.72. The van der Waals surface area contributed by atoms with Crippen molar-refractivity contribution in [3.05, 3.63) is 34.3 Å². The molecule has 1 aliphatic carbocycles. The van der Waals surface area contributed by atoms with Gasteiger partial charge in [-0.25, -0.2) is 0 Å². The number of halogens is 1. The molecule has 24 heavy (non-hydrogen) atoms. The first-order chi connectivity index (χ1) is 11.7. The standard InChI is InChI=1S/C19H29BrN4/c1-3-21-19(23(2)14-16-6-4-5-7-18(16)20)22-12-15-10-11-24(13-15)17-8-9-17/h4-7,15,17H,3,8-14H2,1-2H3,(H,21,22). The molecule has 1 aliphatic heterocycles. The molecule has 1 unspecified atom stereocenters. The molecule has 0 spiro atoms. The van der Waals surface area contributed by atoms with Crippen LogP contribution in [0.2, 0.25) is 0 Å². The SMILES string of the molecule is CCNC(=NCC1CCN(C2CC2)C1)N(C)Cc1ccccc1Br. The second kappa shape index (κ2) is 8.34. The molecule has 0 amide bonds. The minimum Gasteiger partial charge on any atom is -0.357 e. The van der Waals surface area contributed by atoms with Crippen LogP contribution in [-0.4, -0.2) is 55.0 Å². The summed E-state index contributed by atoms with van der Waals surface area (Å²) in [5.74, 6) is 1.73. The maximum absolute atomic E-state index is 4.92. The summed E-state index contributed by atoms with van der Waals surface area (Å²) in [4.78, 5) is 9.81. The zero-order valence-corrected chi connectivity index (χ0v) is 16.4. The monoisotopic (exact) mass is 392 g/mol. The Labute approximate surface area is 154 Å². The molecule has 2 fully saturated rings. The van der Waals surface area contributed by atoms with Gasteiger partial charge in [0.25, 0.3) is 0 Å². The van der Waals surface area contributed by atoms with E-state index in [1.807, 2.05) is 0 Å². The minimum absolute atomic E-state index is 0.719. The van der Waals surface area contributed by atoms with Crippen LogP contribution in [0.3, 0.4) is 0 Å². The van der Waals surface area contributed by atoms with Crippen LogP contribution in [0.4, 0.5) is 0 Å². The smallest absolute Gasteiger partial charge is 0.193 e. The Hall–Kier alpha value is -1.07. The van der Waals surface area contributed by atoms with Gasteiger partial charge in [0.05, 0.1) is 0 Å². The summed E-state index contributed by atoms with van der Waals surface area (Å²) in [6, 6.07) is 9.29. The minimum atomic E-state index is 0.719. The predicted octanol–water partition coefficient (Wildman–Crippen LogP) is 3.33. The van der Waals surface area contributed by atoms with E-state index in [2.05, 4.69) is 69.3 Å². The van der Waals surface area contributed by atoms with Gasteiger partial charge in [-0.05, 0) is 50.3 Å². The summed E-state index contributed by atoms with van der Waals surface area (Å²) in [5.41, 5.74) is 1.28. The number of nitrogens with one attached hydrogen (secondary N) is 1. The fourth-order valence-corrected chi connectivity index (χ4v) is 3.84. The van der Waals surface area contributed by atoms with E-state index in [4.69, 9.17) is 4.99 Å². The number of aliphatic imine (C=N–C) groups is 1. The van der Waals surface area contributed by atoms with Crippen molar-refractivity contribution in [1.29, 1.82) is 0 Å². The summed E-state index contributed by atoms with van der Waals surface area (Å²) in [6.45, 7) is 7.33. The molecule has 1 atom stereocenters. The van der Waals surface area contributed by atoms with Gasteiger partial charge in [0.1, 0.15) is 0 Å². The summed E-state index contributed by atoms with van der Waals surface area (Å²) in [5, 5.41) is 3.44. The molecule has 4 nitrogen and oxygen atoms in total. The van der Waals surface area contributed by atoms with Crippen LogP contribution in [0.5, 0.6) is 0 Å². The number of benzene rings is 1. The average Bonchev–Trinajstić information content (AvgIpc) is 3.32. The number of guanidine groups is 1. The lowest BCUT2D eigenvalue weighted by Crippen LogP contribution is -2.39. The van der Waals surface area contributed by atoms with E-state index in [-0.39, 0.29) is 0 Å². The van der Waals surface area contributed by atoms with Crippen molar-refractivity contribution in [3.63, 3.8) is 0 Å². The molecule has 1 saturated carbocycles. The largest absolute Gasteiger partial charge is 0.357 e. The average molecular weight is 393 g/mol. The third-order valence-electron chi connectivity index (χ3n) is 4.94. The second-order valence-electron chi connectivity index (χ2n) is 7.02. The van der Waals surface area contributed by atoms with E-state index >= 15 is 0 Å². The maximum atomic E-state index is 4.92. The molecule has 0 radical (unpaired) electrons. The lowest BCUT2D eigenvalue weighted by Gasteiger charge is -2.23. The normalized spacial score (nSPS) is 22.0. The van der Waals surface area contributed by atoms with Gasteiger partial charge >= 0.3 is 0 Å². The van der Waals surface area contributed by atoms with Crippen molar-refractivity contribution in [3.8, 4) is 0 Å². The van der Waals surface area contributed by atoms with Crippen molar-refractivity contribution >= 4 is 21.9 Å². The van der Waals surface area contributed by atoms with Gasteiger partial charge in [0.2, 0.25) is 0 Å². The molecule has 5 heteroatoms. The number of rotatable bonds is 6. The molecule has 0 aromatic heterocycles. The zero-order chi connectivity index (χ0) is 16.9. The van der Waals surface area contributed by atoms with Gasteiger partial charge < -0.3 is 15.1 Å². The maximum Gasteiger partial charge on any atom is 0.193 e. The van der Waals surface area contributed by atoms with Crippen molar-refractivity contribution < 1.29 is 0 Å². The molecule has 2 aliphatic rings. The van der Waals surface area contributed by atoms with Gasteiger partial charge in [0, 0.05) is 43.7 Å². The molecule has 1 aromatic rings. The Kier molecular flexibility index (Phi) is 6.17. The van der Waals surface area contributed by atoms with E-state index in [1.54, 1.807) is 0 Å². The summed E-state index contributed by atoms with van der Waals surface area (Å²) in [6.07, 6.45) is 4.12. The molecule has 1 aromatic carbocycles. The lowest BCUT2D eigenvalue weighted by atomic mass is 10.1. The van der Waals surface area contributed by atoms with Crippen LogP contribution in [0.1, 0.15) is 31.7 Å². The second-order valence-corrected chi connectivity index (χ2v) is 7.88. The highest BCUT2D eigenvalue weighted by Gasteiger charge is 2.34. The van der Waals surface area contributed by atoms with Crippen molar-refractivity contribution in [2.45, 2.75) is 38.8 Å². The van der Waals surface area contributed by atoms with Crippen molar-refractivity contribution in [2.75, 3.05) is 33.2 Å². The first kappa shape index (κ1) is 17.7. The number of hydrogen-bond acceptors (Lipinski definition) is 2. The fourth-order valence-electron chi connectivity index (χ4n) is 3.43. The highest BCUT2D eigenvalue weighted by atomic mass is 79.9. The Bertz CT molecular complexity index is 570. The summed E-state index contributed by atoms with van der Waals surface area (Å²) >= 11 is 3.64. The summed E-state index contributed by atoms with van der Waals surface area (Å²) < 4.78 is 1.16. The number of hydrogen-bond donors (Lipinski definition) is 1. The van der Waals surface area contributed by atoms with Crippen molar-refractivity contribution in [2.24, 2.45) is 10.9 Å². The molecule has 1 saturated heterocycles. The highest BCUT2D eigenvalue weighted by molar-refractivity contribution is 9.10. The van der Waals surface area contributed by atoms with Crippen LogP contribution < -0.4 is 5.32 Å². The van der Waals surface area contributed by atoms with Gasteiger partial charge in [-0.3, -0.25) is 4.99 Å². The van der Waals surface area contributed by atoms with Gasteiger partial charge in [-0.2, -0.15) is 0 Å². The lowest BCUT2D eigenvalue weighted by molar-refractivity contribution is 0.315. The molecular formula is C19H29BrN4. The van der Waals surface area contributed by atoms with Crippen LogP contribution in [0.15, 0.2) is 33.7 Å². The van der Waals surface area contributed by atoms with Crippen molar-refractivity contribution in [1.82, 2.24) is 15.1 Å². The van der Waals surface area contributed by atoms with Gasteiger partial charge in [0.15, 0.2) is 5.96 Å². The van der Waals surface area contributed by atoms with Crippen LogP contribution in [0.25, 0.3) is 0 Å². The predicted molar refractivity (Wildman–Crippen MR) is 104 cm³/mol. The first-order valence-corrected chi connectivity index (χ1v) is 9.93. The van der Waals surface area contributed by atoms with E-state index in [0.29, 0.717) is 0 Å². The molecular weight excluding hydrogens is 364 g/mol. The quantitative estimate of drug-likeness (QED) is 0.594. The summed E-state index contributed by atoms with van der Waals surface area (Å²) in [7, 11) is 2.12. The topological polar surface area (TPSA) is 30.9 Å². The Morgan fingerprint density at radius 1 is 1.33 bits per heavy atom. The molecule has 0 bridgehead atoms. The molecule has 1 heterocycles. The zero-order valence-electron chi connectivity index (χ0n) is 14.8.